The lowest BCUT2D eigenvalue weighted by molar-refractivity contribution is -0.122. The lowest BCUT2D eigenvalue weighted by atomic mass is 10.2. The number of carbonyl (C=O) groups excluding carboxylic acids is 2. The number of rotatable bonds is 6. The van der Waals surface area contributed by atoms with Gasteiger partial charge in [0.2, 0.25) is 11.8 Å². The molecule has 0 saturated heterocycles. The third-order valence-corrected chi connectivity index (χ3v) is 4.35. The number of hydrogen-bond acceptors (Lipinski definition) is 3. The first-order valence-corrected chi connectivity index (χ1v) is 8.28. The Morgan fingerprint density at radius 3 is 2.88 bits per heavy atom. The third-order valence-electron chi connectivity index (χ3n) is 4.11. The van der Waals surface area contributed by atoms with Gasteiger partial charge in [-0.05, 0) is 30.5 Å². The second-order valence-corrected chi connectivity index (χ2v) is 6.48. The van der Waals surface area contributed by atoms with Gasteiger partial charge in [-0.25, -0.2) is 4.98 Å². The molecule has 2 N–H and O–H groups in total. The van der Waals surface area contributed by atoms with E-state index < -0.39 is 0 Å². The summed E-state index contributed by atoms with van der Waals surface area (Å²) in [7, 11) is 0. The van der Waals surface area contributed by atoms with Crippen LogP contribution in [0, 0.1) is 11.8 Å². The van der Waals surface area contributed by atoms with E-state index in [9.17, 15) is 9.59 Å². The van der Waals surface area contributed by atoms with Crippen molar-refractivity contribution in [1.29, 1.82) is 0 Å². The fourth-order valence-electron chi connectivity index (χ4n) is 2.57. The largest absolute Gasteiger partial charge is 0.355 e. The molecular weight excluding hydrogens is 328 g/mol. The number of hydrogen-bond donors (Lipinski definition) is 2. The van der Waals surface area contributed by atoms with Crippen LogP contribution in [-0.2, 0) is 9.59 Å². The van der Waals surface area contributed by atoms with Gasteiger partial charge in [0, 0.05) is 36.3 Å². The summed E-state index contributed by atoms with van der Waals surface area (Å²) in [6.45, 7) is 2.38. The van der Waals surface area contributed by atoms with Gasteiger partial charge in [-0.2, -0.15) is 0 Å². The van der Waals surface area contributed by atoms with Crippen LogP contribution in [0.2, 0.25) is 5.02 Å². The van der Waals surface area contributed by atoms with Crippen LogP contribution in [0.15, 0.2) is 36.9 Å². The summed E-state index contributed by atoms with van der Waals surface area (Å²) < 4.78 is 1.79. The Kier molecular flexibility index (Phi) is 4.85. The second-order valence-electron chi connectivity index (χ2n) is 6.04. The quantitative estimate of drug-likeness (QED) is 0.844. The summed E-state index contributed by atoms with van der Waals surface area (Å²) in [5.74, 6) is 0.441. The molecule has 1 heterocycles. The number of nitrogens with one attached hydrogen (secondary N) is 2. The molecule has 1 aromatic carbocycles. The zero-order valence-corrected chi connectivity index (χ0v) is 14.1. The van der Waals surface area contributed by atoms with Crippen molar-refractivity contribution < 1.29 is 9.59 Å². The molecule has 6 nitrogen and oxygen atoms in total. The van der Waals surface area contributed by atoms with Crippen molar-refractivity contribution in [1.82, 2.24) is 14.9 Å². The van der Waals surface area contributed by atoms with Crippen LogP contribution in [0.3, 0.4) is 0 Å². The average Bonchev–Trinajstić information content (AvgIpc) is 3.04. The maximum Gasteiger partial charge on any atom is 0.226 e. The molecule has 1 aliphatic rings. The molecule has 1 aliphatic carbocycles. The number of anilines is 1. The summed E-state index contributed by atoms with van der Waals surface area (Å²) in [5.41, 5.74) is 1.38. The zero-order chi connectivity index (χ0) is 17.1. The maximum absolute atomic E-state index is 12.1. The van der Waals surface area contributed by atoms with E-state index in [1.54, 1.807) is 35.4 Å². The van der Waals surface area contributed by atoms with E-state index in [4.69, 9.17) is 11.6 Å². The van der Waals surface area contributed by atoms with Gasteiger partial charge in [-0.1, -0.05) is 18.5 Å². The number of benzene rings is 1. The lowest BCUT2D eigenvalue weighted by Gasteiger charge is -2.12. The molecule has 24 heavy (non-hydrogen) atoms. The van der Waals surface area contributed by atoms with Gasteiger partial charge in [0.05, 0.1) is 17.7 Å². The van der Waals surface area contributed by atoms with Crippen molar-refractivity contribution in [2.75, 3.05) is 11.9 Å². The van der Waals surface area contributed by atoms with Gasteiger partial charge in [0.15, 0.2) is 0 Å². The minimum atomic E-state index is -0.178. The van der Waals surface area contributed by atoms with Crippen LogP contribution in [0.5, 0.6) is 0 Å². The molecule has 7 heteroatoms. The summed E-state index contributed by atoms with van der Waals surface area (Å²) in [5, 5.41) is 6.18. The molecule has 0 radical (unpaired) electrons. The maximum atomic E-state index is 12.1. The normalized spacial score (nSPS) is 18.9. The van der Waals surface area contributed by atoms with Crippen molar-refractivity contribution in [2.45, 2.75) is 19.8 Å². The molecule has 2 aromatic rings. The minimum Gasteiger partial charge on any atom is -0.355 e. The third kappa shape index (κ3) is 3.94. The van der Waals surface area contributed by atoms with Gasteiger partial charge in [-0.15, -0.1) is 0 Å². The van der Waals surface area contributed by atoms with Crippen LogP contribution in [0.25, 0.3) is 5.69 Å². The van der Waals surface area contributed by atoms with Gasteiger partial charge in [0.1, 0.15) is 0 Å². The van der Waals surface area contributed by atoms with Crippen molar-refractivity contribution in [3.05, 3.63) is 41.9 Å². The van der Waals surface area contributed by atoms with E-state index in [0.29, 0.717) is 23.2 Å². The first-order chi connectivity index (χ1) is 11.5. The SMILES string of the molecule is C[C@@H]1C[C@@H]1C(=O)NCCC(=O)Nc1cc(Cl)ccc1-n1ccnc1. The molecule has 1 aromatic heterocycles. The monoisotopic (exact) mass is 346 g/mol. The molecule has 126 valence electrons. The van der Waals surface area contributed by atoms with Crippen LogP contribution in [0.4, 0.5) is 5.69 Å². The van der Waals surface area contributed by atoms with Crippen molar-refractivity contribution in [2.24, 2.45) is 11.8 Å². The smallest absolute Gasteiger partial charge is 0.226 e. The first kappa shape index (κ1) is 16.5. The van der Waals surface area contributed by atoms with Gasteiger partial charge < -0.3 is 15.2 Å². The Bertz CT molecular complexity index is 745. The van der Waals surface area contributed by atoms with Gasteiger partial charge >= 0.3 is 0 Å². The van der Waals surface area contributed by atoms with E-state index in [1.807, 2.05) is 13.0 Å². The standard InChI is InChI=1S/C17H19ClN4O2/c1-11-8-13(11)17(24)20-5-4-16(23)21-14-9-12(18)2-3-15(14)22-7-6-19-10-22/h2-3,6-7,9-11,13H,4-5,8H2,1H3,(H,20,24)(H,21,23)/t11-,13+/m1/s1. The lowest BCUT2D eigenvalue weighted by Crippen LogP contribution is -2.29. The predicted octanol–water partition coefficient (Wildman–Crippen LogP) is 2.63. The van der Waals surface area contributed by atoms with Gasteiger partial charge in [0.25, 0.3) is 0 Å². The number of carbonyl (C=O) groups is 2. The number of aromatic nitrogens is 2. The Labute approximate surface area is 145 Å². The molecule has 0 aliphatic heterocycles. The molecule has 0 bridgehead atoms. The Balaban J connectivity index is 1.58. The van der Waals surface area contributed by atoms with Crippen molar-refractivity contribution >= 4 is 29.1 Å². The number of halogens is 1. The molecular formula is C17H19ClN4O2. The number of nitrogens with zero attached hydrogens (tertiary/aromatic N) is 2. The van der Waals surface area contributed by atoms with E-state index in [0.717, 1.165) is 12.1 Å². The van der Waals surface area contributed by atoms with Crippen molar-refractivity contribution in [3.63, 3.8) is 0 Å². The predicted molar refractivity (Wildman–Crippen MR) is 92.1 cm³/mol. The van der Waals surface area contributed by atoms with Crippen molar-refractivity contribution in [3.8, 4) is 5.69 Å². The number of amides is 2. The summed E-state index contributed by atoms with van der Waals surface area (Å²) in [6, 6.07) is 5.26. The van der Waals surface area contributed by atoms with Crippen LogP contribution >= 0.6 is 11.6 Å². The Hall–Kier alpha value is -2.34. The average molecular weight is 347 g/mol. The minimum absolute atomic E-state index is 0.0390. The molecule has 0 spiro atoms. The molecule has 0 unspecified atom stereocenters. The van der Waals surface area contributed by atoms with Crippen LogP contribution < -0.4 is 10.6 Å². The van der Waals surface area contributed by atoms with E-state index in [-0.39, 0.29) is 24.2 Å². The van der Waals surface area contributed by atoms with E-state index >= 15 is 0 Å². The zero-order valence-electron chi connectivity index (χ0n) is 13.3. The first-order valence-electron chi connectivity index (χ1n) is 7.90. The molecule has 1 saturated carbocycles. The Morgan fingerprint density at radius 1 is 1.42 bits per heavy atom. The molecule has 2 atom stereocenters. The van der Waals surface area contributed by atoms with E-state index in [1.165, 1.54) is 0 Å². The van der Waals surface area contributed by atoms with Gasteiger partial charge in [-0.3, -0.25) is 9.59 Å². The number of imidazole rings is 1. The Morgan fingerprint density at radius 2 is 2.21 bits per heavy atom. The summed E-state index contributed by atoms with van der Waals surface area (Å²) in [4.78, 5) is 27.9. The molecule has 1 fully saturated rings. The highest BCUT2D eigenvalue weighted by Gasteiger charge is 2.38. The highest BCUT2D eigenvalue weighted by atomic mass is 35.5. The molecule has 3 rings (SSSR count). The fraction of sp³-hybridized carbons (Fsp3) is 0.353. The molecule has 2 amide bonds. The van der Waals surface area contributed by atoms with E-state index in [2.05, 4.69) is 15.6 Å². The second kappa shape index (κ2) is 7.05. The van der Waals surface area contributed by atoms with Crippen LogP contribution in [0.1, 0.15) is 19.8 Å². The highest BCUT2D eigenvalue weighted by Crippen LogP contribution is 2.37. The topological polar surface area (TPSA) is 76.0 Å². The highest BCUT2D eigenvalue weighted by molar-refractivity contribution is 6.31. The summed E-state index contributed by atoms with van der Waals surface area (Å²) in [6.07, 6.45) is 6.25. The fourth-order valence-corrected chi connectivity index (χ4v) is 2.74. The summed E-state index contributed by atoms with van der Waals surface area (Å²) >= 11 is 6.03. The van der Waals surface area contributed by atoms with Crippen LogP contribution in [-0.4, -0.2) is 27.9 Å².